The maximum atomic E-state index is 13.0. The second-order valence-electron chi connectivity index (χ2n) is 7.03. The smallest absolute Gasteiger partial charge is 0.335 e. The predicted molar refractivity (Wildman–Crippen MR) is 116 cm³/mol. The van der Waals surface area contributed by atoms with Crippen LogP contribution >= 0.6 is 0 Å². The molecule has 8 nitrogen and oxygen atoms in total. The van der Waals surface area contributed by atoms with Gasteiger partial charge in [0.25, 0.3) is 0 Å². The molecule has 2 N–H and O–H groups in total. The lowest BCUT2D eigenvalue weighted by Gasteiger charge is -2.26. The van der Waals surface area contributed by atoms with E-state index in [-0.39, 0.29) is 23.9 Å². The molecule has 2 amide bonds. The van der Waals surface area contributed by atoms with E-state index < -0.39 is 12.0 Å². The molecule has 0 aliphatic heterocycles. The second kappa shape index (κ2) is 13.3. The fraction of sp³-hybridized carbons (Fsp3) is 0.455. The van der Waals surface area contributed by atoms with Crippen LogP contribution in [0.5, 0.6) is 0 Å². The van der Waals surface area contributed by atoms with Crippen molar-refractivity contribution in [3.05, 3.63) is 54.9 Å². The topological polar surface area (TPSA) is 103 Å². The number of aromatic nitrogens is 1. The number of rotatable bonds is 14. The molecule has 0 aliphatic carbocycles. The van der Waals surface area contributed by atoms with Crippen molar-refractivity contribution in [1.29, 1.82) is 0 Å². The first kappa shape index (κ1) is 25.0. The average molecular weight is 417 g/mol. The number of pyridine rings is 1. The van der Waals surface area contributed by atoms with Gasteiger partial charge in [-0.25, -0.2) is 4.79 Å². The van der Waals surface area contributed by atoms with Crippen LogP contribution in [-0.2, 0) is 16.1 Å². The molecule has 1 rings (SSSR count). The number of carboxylic acids is 1. The van der Waals surface area contributed by atoms with E-state index in [1.54, 1.807) is 29.0 Å². The third-order valence-corrected chi connectivity index (χ3v) is 4.68. The van der Waals surface area contributed by atoms with Crippen LogP contribution in [0.1, 0.15) is 42.2 Å². The largest absolute Gasteiger partial charge is 0.478 e. The minimum absolute atomic E-state index is 0.00767. The van der Waals surface area contributed by atoms with E-state index in [2.05, 4.69) is 23.5 Å². The van der Waals surface area contributed by atoms with Crippen molar-refractivity contribution in [3.63, 3.8) is 0 Å². The lowest BCUT2D eigenvalue weighted by Crippen LogP contribution is -2.46. The molecule has 0 saturated carbocycles. The van der Waals surface area contributed by atoms with Crippen LogP contribution in [0.25, 0.3) is 0 Å². The van der Waals surface area contributed by atoms with Crippen molar-refractivity contribution in [1.82, 2.24) is 20.1 Å². The van der Waals surface area contributed by atoms with E-state index in [0.29, 0.717) is 31.7 Å². The highest BCUT2D eigenvalue weighted by Crippen LogP contribution is 2.09. The summed E-state index contributed by atoms with van der Waals surface area (Å²) in [5.74, 6) is -1.10. The number of carbonyl (C=O) groups is 3. The number of nitrogens with one attached hydrogen (secondary N) is 1. The van der Waals surface area contributed by atoms with E-state index in [0.717, 1.165) is 12.8 Å². The Balaban J connectivity index is 2.82. The lowest BCUT2D eigenvalue weighted by atomic mass is 10.1. The Kier molecular flexibility index (Phi) is 11.1. The predicted octanol–water partition coefficient (Wildman–Crippen LogP) is 2.09. The van der Waals surface area contributed by atoms with E-state index in [4.69, 9.17) is 5.11 Å². The summed E-state index contributed by atoms with van der Waals surface area (Å²) in [4.78, 5) is 43.0. The van der Waals surface area contributed by atoms with E-state index in [1.165, 1.54) is 25.3 Å². The van der Waals surface area contributed by atoms with Crippen LogP contribution in [0.15, 0.2) is 43.6 Å². The van der Waals surface area contributed by atoms with Gasteiger partial charge < -0.3 is 20.2 Å². The Bertz CT molecular complexity index is 740. The number of hydrogen-bond acceptors (Lipinski definition) is 5. The van der Waals surface area contributed by atoms with Crippen molar-refractivity contribution in [3.8, 4) is 0 Å². The van der Waals surface area contributed by atoms with Crippen LogP contribution < -0.4 is 5.32 Å². The zero-order valence-corrected chi connectivity index (χ0v) is 17.8. The molecular formula is C22H32N4O4. The van der Waals surface area contributed by atoms with Gasteiger partial charge in [-0.05, 0) is 31.4 Å². The molecule has 1 heterocycles. The first-order valence-electron chi connectivity index (χ1n) is 9.94. The summed E-state index contributed by atoms with van der Waals surface area (Å²) in [7, 11) is 1.75. The summed E-state index contributed by atoms with van der Waals surface area (Å²) in [5.41, 5.74) is 0.694. The number of hydrogen-bond donors (Lipinski definition) is 2. The van der Waals surface area contributed by atoms with Gasteiger partial charge in [0.1, 0.15) is 0 Å². The second-order valence-corrected chi connectivity index (χ2v) is 7.03. The van der Waals surface area contributed by atoms with Crippen molar-refractivity contribution < 1.29 is 19.5 Å². The standard InChI is InChI=1S/C22H32N4O4/c1-5-12-26(13-6-2)21(28)20(9-7-8-14-25(4)17(3)27)24-16-19-15-18(22(29)30)10-11-23-19/h5-6,10-11,15,20,24H,1-2,7-9,12-14,16H2,3-4H3,(H,29,30). The quantitative estimate of drug-likeness (QED) is 0.356. The van der Waals surface area contributed by atoms with E-state index in [9.17, 15) is 14.4 Å². The first-order valence-corrected chi connectivity index (χ1v) is 9.94. The molecule has 0 spiro atoms. The number of unbranched alkanes of at least 4 members (excludes halogenated alkanes) is 1. The Morgan fingerprint density at radius 1 is 1.23 bits per heavy atom. The number of nitrogens with zero attached hydrogens (tertiary/aromatic N) is 3. The maximum absolute atomic E-state index is 13.0. The molecule has 30 heavy (non-hydrogen) atoms. The van der Waals surface area contributed by atoms with Gasteiger partial charge in [-0.15, -0.1) is 13.2 Å². The van der Waals surface area contributed by atoms with Crippen molar-refractivity contribution in [2.45, 2.75) is 38.8 Å². The zero-order valence-electron chi connectivity index (χ0n) is 17.8. The van der Waals surface area contributed by atoms with Crippen LogP contribution in [-0.4, -0.2) is 70.4 Å². The van der Waals surface area contributed by atoms with Crippen molar-refractivity contribution in [2.75, 3.05) is 26.7 Å². The van der Waals surface area contributed by atoms with Gasteiger partial charge in [-0.3, -0.25) is 14.6 Å². The van der Waals surface area contributed by atoms with E-state index in [1.807, 2.05) is 0 Å². The first-order chi connectivity index (χ1) is 14.3. The maximum Gasteiger partial charge on any atom is 0.335 e. The molecule has 0 saturated heterocycles. The molecular weight excluding hydrogens is 384 g/mol. The molecule has 1 atom stereocenters. The van der Waals surface area contributed by atoms with E-state index >= 15 is 0 Å². The van der Waals surface area contributed by atoms with Crippen molar-refractivity contribution >= 4 is 17.8 Å². The summed E-state index contributed by atoms with van der Waals surface area (Å²) in [5, 5.41) is 12.4. The molecule has 8 heteroatoms. The van der Waals surface area contributed by atoms with Gasteiger partial charge >= 0.3 is 5.97 Å². The summed E-state index contributed by atoms with van der Waals surface area (Å²) in [6.07, 6.45) is 6.87. The highest BCUT2D eigenvalue weighted by atomic mass is 16.4. The fourth-order valence-electron chi connectivity index (χ4n) is 2.89. The zero-order chi connectivity index (χ0) is 22.5. The summed E-state index contributed by atoms with van der Waals surface area (Å²) in [6.45, 7) is 10.6. The van der Waals surface area contributed by atoms with Gasteiger partial charge in [0.2, 0.25) is 11.8 Å². The molecule has 1 unspecified atom stereocenters. The van der Waals surface area contributed by atoms with Gasteiger partial charge in [0, 0.05) is 46.3 Å². The van der Waals surface area contributed by atoms with Gasteiger partial charge in [0.15, 0.2) is 0 Å². The lowest BCUT2D eigenvalue weighted by molar-refractivity contribution is -0.133. The molecule has 0 fully saturated rings. The number of carboxylic acid groups (broad SMARTS) is 1. The normalized spacial score (nSPS) is 11.4. The molecule has 164 valence electrons. The Morgan fingerprint density at radius 2 is 1.90 bits per heavy atom. The van der Waals surface area contributed by atoms with Crippen LogP contribution in [0.4, 0.5) is 0 Å². The molecule has 1 aromatic heterocycles. The minimum atomic E-state index is -1.02. The Morgan fingerprint density at radius 3 is 2.47 bits per heavy atom. The number of amides is 2. The third kappa shape index (κ3) is 8.57. The van der Waals surface area contributed by atoms with Crippen LogP contribution in [0.2, 0.25) is 0 Å². The number of aromatic carboxylic acids is 1. The average Bonchev–Trinajstić information content (AvgIpc) is 2.72. The Labute approximate surface area is 178 Å². The summed E-state index contributed by atoms with van der Waals surface area (Å²) < 4.78 is 0. The monoisotopic (exact) mass is 416 g/mol. The fourth-order valence-corrected chi connectivity index (χ4v) is 2.89. The molecule has 0 aromatic carbocycles. The van der Waals surface area contributed by atoms with Gasteiger partial charge in [0.05, 0.1) is 17.3 Å². The third-order valence-electron chi connectivity index (χ3n) is 4.68. The molecule has 0 aliphatic rings. The Hall–Kier alpha value is -3.00. The SMILES string of the molecule is C=CCN(CC=C)C(=O)C(CCCCN(C)C(C)=O)NCc1cc(C(=O)O)ccn1. The van der Waals surface area contributed by atoms with Crippen molar-refractivity contribution in [2.24, 2.45) is 0 Å². The van der Waals surface area contributed by atoms with Crippen LogP contribution in [0, 0.1) is 0 Å². The number of carbonyl (C=O) groups excluding carboxylic acids is 2. The minimum Gasteiger partial charge on any atom is -0.478 e. The van der Waals surface area contributed by atoms with Gasteiger partial charge in [-0.1, -0.05) is 12.2 Å². The molecule has 1 aromatic rings. The highest BCUT2D eigenvalue weighted by molar-refractivity contribution is 5.87. The van der Waals surface area contributed by atoms with Gasteiger partial charge in [-0.2, -0.15) is 0 Å². The highest BCUT2D eigenvalue weighted by Gasteiger charge is 2.23. The molecule has 0 bridgehead atoms. The summed E-state index contributed by atoms with van der Waals surface area (Å²) >= 11 is 0. The molecule has 0 radical (unpaired) electrons. The summed E-state index contributed by atoms with van der Waals surface area (Å²) in [6, 6.07) is 2.45. The van der Waals surface area contributed by atoms with Crippen LogP contribution in [0.3, 0.4) is 0 Å².